The Bertz CT molecular complexity index is 1400. The van der Waals surface area contributed by atoms with Crippen molar-refractivity contribution in [1.29, 1.82) is 0 Å². The molecule has 0 spiro atoms. The van der Waals surface area contributed by atoms with E-state index < -0.39 is 102 Å². The minimum absolute atomic E-state index is 0.0374. The van der Waals surface area contributed by atoms with Gasteiger partial charge in [-0.2, -0.15) is 0 Å². The Morgan fingerprint density at radius 2 is 1.29 bits per heavy atom. The lowest BCUT2D eigenvalue weighted by molar-refractivity contribution is -0.151. The van der Waals surface area contributed by atoms with E-state index in [1.54, 1.807) is 40.7 Å². The number of hydrogen-bond donors (Lipinski definition) is 4. The highest BCUT2D eigenvalue weighted by Gasteiger charge is 2.43. The number of allylic oxidation sites excluding steroid dienone is 1. The van der Waals surface area contributed by atoms with Crippen LogP contribution in [0.25, 0.3) is 0 Å². The first kappa shape index (κ1) is 47.1. The van der Waals surface area contributed by atoms with Gasteiger partial charge >= 0.3 is 0 Å². The van der Waals surface area contributed by atoms with Crippen LogP contribution in [0.5, 0.6) is 0 Å². The summed E-state index contributed by atoms with van der Waals surface area (Å²) in [6.45, 7) is 19.8. The summed E-state index contributed by atoms with van der Waals surface area (Å²) in [7, 11) is 4.41. The maximum Gasteiger partial charge on any atom is 0.245 e. The second-order valence-corrected chi connectivity index (χ2v) is 16.5. The number of piperidine rings is 1. The second-order valence-electron chi connectivity index (χ2n) is 16.5. The predicted octanol–water partition coefficient (Wildman–Crippen LogP) is 1.68. The number of fused-ring (bicyclic) bond motifs is 1. The Balaban J connectivity index is 2.80. The molecule has 2 unspecified atom stereocenters. The molecule has 0 aromatic carbocycles. The van der Waals surface area contributed by atoms with Crippen LogP contribution in [0.1, 0.15) is 101 Å². The molecule has 55 heavy (non-hydrogen) atoms. The van der Waals surface area contributed by atoms with E-state index in [2.05, 4.69) is 22.5 Å². The molecule has 15 nitrogen and oxygen atoms in total. The van der Waals surface area contributed by atoms with E-state index in [1.165, 1.54) is 40.7 Å². The Morgan fingerprint density at radius 3 is 1.84 bits per heavy atom. The Kier molecular flexibility index (Phi) is 17.8. The topological polar surface area (TPSA) is 189 Å². The van der Waals surface area contributed by atoms with Crippen molar-refractivity contribution in [1.82, 2.24) is 35.6 Å². The first-order valence-electron chi connectivity index (χ1n) is 19.9. The molecule has 2 aliphatic rings. The third kappa shape index (κ3) is 11.7. The number of aliphatic hydroxyl groups excluding tert-OH is 1. The lowest BCUT2D eigenvalue weighted by Crippen LogP contribution is -2.64. The van der Waals surface area contributed by atoms with Crippen LogP contribution in [0, 0.1) is 23.7 Å². The van der Waals surface area contributed by atoms with Gasteiger partial charge in [0.25, 0.3) is 0 Å². The average Bonchev–Trinajstić information content (AvgIpc) is 3.16. The average molecular weight is 776 g/mol. The Morgan fingerprint density at radius 1 is 0.727 bits per heavy atom. The molecule has 0 bridgehead atoms. The molecule has 0 aromatic heterocycles. The molecule has 0 aliphatic carbocycles. The van der Waals surface area contributed by atoms with E-state index in [0.717, 1.165) is 0 Å². The predicted molar refractivity (Wildman–Crippen MR) is 210 cm³/mol. The maximum absolute atomic E-state index is 14.2. The number of amides is 7. The minimum atomic E-state index is -1.47. The number of nitrogens with zero attached hydrogens (tertiary/aromatic N) is 4. The highest BCUT2D eigenvalue weighted by Crippen LogP contribution is 2.23. The Hall–Kier alpha value is -4.01. The summed E-state index contributed by atoms with van der Waals surface area (Å²) < 4.78 is 0. The van der Waals surface area contributed by atoms with Gasteiger partial charge in [0.15, 0.2) is 0 Å². The zero-order valence-electron chi connectivity index (χ0n) is 35.3. The molecule has 2 saturated heterocycles. The van der Waals surface area contributed by atoms with Crippen molar-refractivity contribution in [3.63, 3.8) is 0 Å². The molecular weight excluding hydrogens is 706 g/mol. The van der Waals surface area contributed by atoms with Crippen LogP contribution in [0.2, 0.25) is 0 Å². The molecule has 2 aliphatic heterocycles. The van der Waals surface area contributed by atoms with Crippen LogP contribution in [-0.4, -0.2) is 142 Å². The van der Waals surface area contributed by atoms with Gasteiger partial charge < -0.3 is 40.7 Å². The number of likely N-dealkylation sites (N-methyl/N-ethyl adjacent to an activating group) is 3. The zero-order chi connectivity index (χ0) is 42.1. The molecule has 2 fully saturated rings. The summed E-state index contributed by atoms with van der Waals surface area (Å²) in [5, 5.41) is 19.6. The van der Waals surface area contributed by atoms with Crippen LogP contribution >= 0.6 is 0 Å². The summed E-state index contributed by atoms with van der Waals surface area (Å²) in [5.74, 6) is -5.25. The normalized spacial score (nSPS) is 29.3. The number of carbonyl (C=O) groups is 7. The maximum atomic E-state index is 14.2. The number of hydrogen-bond acceptors (Lipinski definition) is 8. The highest BCUT2D eigenvalue weighted by molar-refractivity contribution is 5.98. The molecule has 15 heteroatoms. The third-order valence-corrected chi connectivity index (χ3v) is 11.5. The molecule has 10 atom stereocenters. The fourth-order valence-corrected chi connectivity index (χ4v) is 7.05. The fraction of sp³-hybridized carbons (Fsp3) is 0.775. The molecule has 0 aromatic rings. The van der Waals surface area contributed by atoms with E-state index in [4.69, 9.17) is 0 Å². The molecule has 2 rings (SSSR count). The molecule has 7 amide bonds. The van der Waals surface area contributed by atoms with E-state index in [1.807, 2.05) is 27.7 Å². The van der Waals surface area contributed by atoms with Gasteiger partial charge in [-0.05, 0) is 69.6 Å². The van der Waals surface area contributed by atoms with Crippen molar-refractivity contribution in [2.45, 2.75) is 149 Å². The smallest absolute Gasteiger partial charge is 0.245 e. The fourth-order valence-electron chi connectivity index (χ4n) is 7.05. The van der Waals surface area contributed by atoms with Gasteiger partial charge in [-0.3, -0.25) is 33.6 Å². The molecule has 2 heterocycles. The number of nitrogens with one attached hydrogen (secondary N) is 3. The zero-order valence-corrected chi connectivity index (χ0v) is 35.3. The SMILES string of the molecule is C=C[C@H](C)C[C@@H]1NC(=O)[C@H](CC(C)C)N(C)C(=O)[C@H](C)N(C)C(=O)C([C@@H](C)CC)NC(=O)C([C@H](O)C(C)C)NC(=O)[C@H]2CCCCN2C(=O)[C@H](C)N(C)C1=O. The monoisotopic (exact) mass is 776 g/mol. The summed E-state index contributed by atoms with van der Waals surface area (Å²) in [6.07, 6.45) is 2.75. The quantitative estimate of drug-likeness (QED) is 0.255. The van der Waals surface area contributed by atoms with Crippen LogP contribution in [0.4, 0.5) is 0 Å². The van der Waals surface area contributed by atoms with Crippen LogP contribution in [0.3, 0.4) is 0 Å². The van der Waals surface area contributed by atoms with Gasteiger partial charge in [0.1, 0.15) is 42.3 Å². The lowest BCUT2D eigenvalue weighted by atomic mass is 9.94. The van der Waals surface area contributed by atoms with E-state index in [-0.39, 0.29) is 31.2 Å². The van der Waals surface area contributed by atoms with Gasteiger partial charge in [0, 0.05) is 27.7 Å². The Labute approximate surface area is 328 Å². The standard InChI is InChI=1S/C40H69N7O8/c1-14-24(7)21-28-39(54)44(11)27(10)38(53)47-19-17-16-18-29(47)34(49)43-32(33(48)23(5)6)36(51)42-31(25(8)15-2)40(55)45(12)26(9)37(52)46(13)30(20-22(3)4)35(50)41-28/h14,22-33,48H,1,15-21H2,2-13H3,(H,41,50)(H,42,51)(H,43,49)/t24-,25-,26-,27-,28-,29+,30-,31?,32?,33+/m0/s1. The number of aliphatic hydroxyl groups is 1. The van der Waals surface area contributed by atoms with E-state index in [0.29, 0.717) is 25.7 Å². The summed E-state index contributed by atoms with van der Waals surface area (Å²) in [6, 6.07) is -7.80. The van der Waals surface area contributed by atoms with Gasteiger partial charge in [-0.1, -0.05) is 61.0 Å². The third-order valence-electron chi connectivity index (χ3n) is 11.5. The van der Waals surface area contributed by atoms with Crippen LogP contribution in [0.15, 0.2) is 12.7 Å². The van der Waals surface area contributed by atoms with Gasteiger partial charge in [-0.15, -0.1) is 6.58 Å². The summed E-state index contributed by atoms with van der Waals surface area (Å²) in [5.41, 5.74) is 0. The summed E-state index contributed by atoms with van der Waals surface area (Å²) >= 11 is 0. The second kappa shape index (κ2) is 20.8. The van der Waals surface area contributed by atoms with Crippen molar-refractivity contribution in [3.8, 4) is 0 Å². The molecule has 0 saturated carbocycles. The van der Waals surface area contributed by atoms with Crippen LogP contribution < -0.4 is 16.0 Å². The van der Waals surface area contributed by atoms with Crippen LogP contribution in [-0.2, 0) is 33.6 Å². The lowest BCUT2D eigenvalue weighted by Gasteiger charge is -2.39. The van der Waals surface area contributed by atoms with Gasteiger partial charge in [0.05, 0.1) is 6.10 Å². The first-order chi connectivity index (χ1) is 25.6. The molecule has 4 N–H and O–H groups in total. The van der Waals surface area contributed by atoms with Crippen molar-refractivity contribution < 1.29 is 38.7 Å². The van der Waals surface area contributed by atoms with E-state index in [9.17, 15) is 38.7 Å². The minimum Gasteiger partial charge on any atom is -0.390 e. The number of carbonyl (C=O) groups excluding carboxylic acids is 7. The van der Waals surface area contributed by atoms with Crippen molar-refractivity contribution >= 4 is 41.4 Å². The number of rotatable bonds is 9. The largest absolute Gasteiger partial charge is 0.390 e. The highest BCUT2D eigenvalue weighted by atomic mass is 16.3. The molecule has 312 valence electrons. The summed E-state index contributed by atoms with van der Waals surface area (Å²) in [4.78, 5) is 104. The van der Waals surface area contributed by atoms with Crippen molar-refractivity contribution in [3.05, 3.63) is 12.7 Å². The molecular formula is C40H69N7O8. The van der Waals surface area contributed by atoms with Crippen molar-refractivity contribution in [2.75, 3.05) is 27.7 Å². The van der Waals surface area contributed by atoms with Gasteiger partial charge in [0.2, 0.25) is 41.4 Å². The van der Waals surface area contributed by atoms with Crippen molar-refractivity contribution in [2.24, 2.45) is 23.7 Å². The first-order valence-corrected chi connectivity index (χ1v) is 19.9. The van der Waals surface area contributed by atoms with Gasteiger partial charge in [-0.25, -0.2) is 0 Å². The van der Waals surface area contributed by atoms with E-state index >= 15 is 0 Å². The molecule has 0 radical (unpaired) electrons.